The molecule has 132 valence electrons. The zero-order chi connectivity index (χ0) is 17.8. The Balaban J connectivity index is 1.92. The number of aliphatic hydroxyl groups excluding tert-OH is 1. The van der Waals surface area contributed by atoms with Gasteiger partial charge in [0, 0.05) is 24.1 Å². The van der Waals surface area contributed by atoms with Crippen LogP contribution in [0.1, 0.15) is 24.8 Å². The summed E-state index contributed by atoms with van der Waals surface area (Å²) in [6, 6.07) is 6.06. The Morgan fingerprint density at radius 1 is 1.17 bits per heavy atom. The fraction of sp³-hybridized carbons (Fsp3) is 0.500. The molecular weight excluding hydrogens is 325 g/mol. The van der Waals surface area contributed by atoms with Gasteiger partial charge in [-0.1, -0.05) is 18.2 Å². The third-order valence-electron chi connectivity index (χ3n) is 4.07. The van der Waals surface area contributed by atoms with Crippen molar-refractivity contribution < 1.29 is 27.9 Å². The molecule has 2 amide bonds. The second-order valence-electron chi connectivity index (χ2n) is 6.07. The Morgan fingerprint density at radius 3 is 2.42 bits per heavy atom. The molecule has 8 heteroatoms. The van der Waals surface area contributed by atoms with Crippen LogP contribution in [-0.4, -0.2) is 36.2 Å². The third-order valence-corrected chi connectivity index (χ3v) is 4.07. The summed E-state index contributed by atoms with van der Waals surface area (Å²) < 4.78 is 37.0. The van der Waals surface area contributed by atoms with Gasteiger partial charge in [-0.2, -0.15) is 13.2 Å². The fourth-order valence-corrected chi connectivity index (χ4v) is 2.23. The van der Waals surface area contributed by atoms with E-state index in [1.165, 1.54) is 12.1 Å². The highest BCUT2D eigenvalue weighted by Crippen LogP contribution is 2.44. The van der Waals surface area contributed by atoms with Crippen LogP contribution < -0.4 is 10.6 Å². The highest BCUT2D eigenvalue weighted by molar-refractivity contribution is 6.39. The lowest BCUT2D eigenvalue weighted by Gasteiger charge is -2.14. The molecule has 1 fully saturated rings. The quantitative estimate of drug-likeness (QED) is 0.691. The van der Waals surface area contributed by atoms with Crippen molar-refractivity contribution >= 4 is 17.5 Å². The summed E-state index contributed by atoms with van der Waals surface area (Å²) in [5, 5.41) is 13.9. The summed E-state index contributed by atoms with van der Waals surface area (Å²) in [5.41, 5.74) is 0.163. The molecule has 0 heterocycles. The Morgan fingerprint density at radius 2 is 1.83 bits per heavy atom. The highest BCUT2D eigenvalue weighted by Gasteiger charge is 2.42. The number of hydrogen-bond acceptors (Lipinski definition) is 3. The van der Waals surface area contributed by atoms with E-state index in [0.717, 1.165) is 12.8 Å². The van der Waals surface area contributed by atoms with E-state index in [1.807, 2.05) is 0 Å². The van der Waals surface area contributed by atoms with Crippen LogP contribution in [0, 0.1) is 5.41 Å². The summed E-state index contributed by atoms with van der Waals surface area (Å²) >= 11 is 0. The zero-order valence-corrected chi connectivity index (χ0v) is 12.9. The van der Waals surface area contributed by atoms with Crippen molar-refractivity contribution in [2.45, 2.75) is 31.9 Å². The van der Waals surface area contributed by atoms with Crippen molar-refractivity contribution in [3.8, 4) is 0 Å². The molecule has 0 aliphatic heterocycles. The number of carbonyl (C=O) groups excluding carboxylic acids is 2. The van der Waals surface area contributed by atoms with Crippen LogP contribution in [-0.2, 0) is 16.0 Å². The molecule has 0 spiro atoms. The van der Waals surface area contributed by atoms with Crippen LogP contribution in [0.3, 0.4) is 0 Å². The van der Waals surface area contributed by atoms with E-state index in [1.54, 1.807) is 12.1 Å². The fourth-order valence-electron chi connectivity index (χ4n) is 2.23. The average molecular weight is 344 g/mol. The van der Waals surface area contributed by atoms with Crippen LogP contribution in [0.2, 0.25) is 0 Å². The Labute approximate surface area is 137 Å². The van der Waals surface area contributed by atoms with Gasteiger partial charge in [-0.05, 0) is 30.9 Å². The van der Waals surface area contributed by atoms with E-state index in [4.69, 9.17) is 5.11 Å². The summed E-state index contributed by atoms with van der Waals surface area (Å²) in [7, 11) is 0. The van der Waals surface area contributed by atoms with Gasteiger partial charge in [0.05, 0.1) is 6.61 Å². The smallest absolute Gasteiger partial charge is 0.389 e. The van der Waals surface area contributed by atoms with Crippen LogP contribution >= 0.6 is 0 Å². The lowest BCUT2D eigenvalue weighted by molar-refractivity contribution is -0.136. The van der Waals surface area contributed by atoms with Crippen molar-refractivity contribution in [2.24, 2.45) is 5.41 Å². The number of para-hydroxylation sites is 1. The van der Waals surface area contributed by atoms with Gasteiger partial charge in [0.2, 0.25) is 0 Å². The topological polar surface area (TPSA) is 78.4 Å². The number of benzene rings is 1. The molecule has 5 nitrogen and oxygen atoms in total. The summed E-state index contributed by atoms with van der Waals surface area (Å²) in [6.45, 7) is 0.140. The van der Waals surface area contributed by atoms with E-state index in [0.29, 0.717) is 5.56 Å². The number of halogens is 3. The monoisotopic (exact) mass is 344 g/mol. The first-order valence-electron chi connectivity index (χ1n) is 7.59. The largest absolute Gasteiger partial charge is 0.396 e. The molecule has 0 saturated heterocycles. The highest BCUT2D eigenvalue weighted by atomic mass is 19.4. The van der Waals surface area contributed by atoms with Crippen LogP contribution in [0.5, 0.6) is 0 Å². The number of carbonyl (C=O) groups is 2. The van der Waals surface area contributed by atoms with E-state index in [9.17, 15) is 22.8 Å². The normalized spacial score (nSPS) is 15.7. The first-order chi connectivity index (χ1) is 11.2. The second kappa shape index (κ2) is 7.21. The van der Waals surface area contributed by atoms with Crippen LogP contribution in [0.15, 0.2) is 24.3 Å². The average Bonchev–Trinajstić information content (AvgIpc) is 3.31. The number of alkyl halides is 3. The van der Waals surface area contributed by atoms with Crippen molar-refractivity contribution in [1.82, 2.24) is 5.32 Å². The second-order valence-corrected chi connectivity index (χ2v) is 6.07. The van der Waals surface area contributed by atoms with Gasteiger partial charge in [-0.15, -0.1) is 0 Å². The molecule has 0 unspecified atom stereocenters. The van der Waals surface area contributed by atoms with Crippen molar-refractivity contribution in [3.05, 3.63) is 29.8 Å². The molecule has 0 bridgehead atoms. The molecule has 1 saturated carbocycles. The number of rotatable bonds is 6. The molecule has 24 heavy (non-hydrogen) atoms. The summed E-state index contributed by atoms with van der Waals surface area (Å²) in [4.78, 5) is 23.7. The SMILES string of the molecule is O=C(NCC1(CO)CC1)C(=O)Nc1ccccc1CCC(F)(F)F. The lowest BCUT2D eigenvalue weighted by Crippen LogP contribution is -2.39. The number of aliphatic hydroxyl groups is 1. The van der Waals surface area contributed by atoms with E-state index >= 15 is 0 Å². The Bertz CT molecular complexity index is 613. The molecule has 1 aromatic carbocycles. The maximum Gasteiger partial charge on any atom is 0.389 e. The molecule has 1 aromatic rings. The maximum atomic E-state index is 12.3. The third kappa shape index (κ3) is 5.23. The van der Waals surface area contributed by atoms with E-state index in [2.05, 4.69) is 10.6 Å². The molecule has 1 aliphatic carbocycles. The van der Waals surface area contributed by atoms with Crippen molar-refractivity contribution in [3.63, 3.8) is 0 Å². The van der Waals surface area contributed by atoms with Gasteiger partial charge in [0.25, 0.3) is 0 Å². The number of amides is 2. The molecule has 1 aliphatic rings. The molecule has 0 radical (unpaired) electrons. The van der Waals surface area contributed by atoms with Gasteiger partial charge in [0.1, 0.15) is 0 Å². The standard InChI is InChI=1S/C16H19F3N2O3/c17-16(18,19)6-5-11-3-1-2-4-12(11)21-14(24)13(23)20-9-15(10-22)7-8-15/h1-4,22H,5-10H2,(H,20,23)(H,21,24). The molecule has 3 N–H and O–H groups in total. The van der Waals surface area contributed by atoms with Crippen molar-refractivity contribution in [2.75, 3.05) is 18.5 Å². The summed E-state index contributed by atoms with van der Waals surface area (Å²) in [5.74, 6) is -1.82. The van der Waals surface area contributed by atoms with Gasteiger partial charge in [0.15, 0.2) is 0 Å². The minimum absolute atomic E-state index is 0.0603. The Hall–Kier alpha value is -2.09. The first kappa shape index (κ1) is 18.3. The van der Waals surface area contributed by atoms with E-state index < -0.39 is 24.4 Å². The van der Waals surface area contributed by atoms with Gasteiger partial charge in [-0.25, -0.2) is 0 Å². The predicted molar refractivity (Wildman–Crippen MR) is 81.2 cm³/mol. The number of anilines is 1. The summed E-state index contributed by atoms with van der Waals surface area (Å²) in [6.07, 6.45) is -4.02. The predicted octanol–water partition coefficient (Wildman–Crippen LogP) is 2.01. The van der Waals surface area contributed by atoms with Gasteiger partial charge < -0.3 is 15.7 Å². The first-order valence-corrected chi connectivity index (χ1v) is 7.59. The minimum atomic E-state index is -4.29. The molecule has 0 atom stereocenters. The minimum Gasteiger partial charge on any atom is -0.396 e. The van der Waals surface area contributed by atoms with Gasteiger partial charge in [-0.3, -0.25) is 9.59 Å². The number of hydrogen-bond donors (Lipinski definition) is 3. The Kier molecular flexibility index (Phi) is 5.48. The van der Waals surface area contributed by atoms with Crippen molar-refractivity contribution in [1.29, 1.82) is 0 Å². The maximum absolute atomic E-state index is 12.3. The lowest BCUT2D eigenvalue weighted by atomic mass is 10.1. The van der Waals surface area contributed by atoms with Crippen LogP contribution in [0.4, 0.5) is 18.9 Å². The number of aryl methyl sites for hydroxylation is 1. The molecule has 0 aromatic heterocycles. The van der Waals surface area contributed by atoms with Crippen LogP contribution in [0.25, 0.3) is 0 Å². The molecule has 2 rings (SSSR count). The molecular formula is C16H19F3N2O3. The van der Waals surface area contributed by atoms with Gasteiger partial charge >= 0.3 is 18.0 Å². The van der Waals surface area contributed by atoms with E-state index in [-0.39, 0.29) is 30.7 Å². The number of nitrogens with one attached hydrogen (secondary N) is 2. The zero-order valence-electron chi connectivity index (χ0n) is 12.9.